The van der Waals surface area contributed by atoms with Crippen molar-refractivity contribution in [2.24, 2.45) is 17.3 Å². The molecule has 3 unspecified atom stereocenters. The Balaban J connectivity index is 1.97. The maximum atomic E-state index is 12.3. The van der Waals surface area contributed by atoms with E-state index in [0.717, 1.165) is 12.8 Å². The Morgan fingerprint density at radius 3 is 2.77 bits per heavy atom. The first-order chi connectivity index (χ1) is 10.5. The van der Waals surface area contributed by atoms with Gasteiger partial charge in [-0.25, -0.2) is 0 Å². The largest absolute Gasteiger partial charge is 0.300 e. The fraction of sp³-hybridized carbons (Fsp3) is 0.778. The molecule has 2 aliphatic carbocycles. The molecule has 0 aromatic carbocycles. The molecule has 2 saturated carbocycles. The van der Waals surface area contributed by atoms with Crippen LogP contribution < -0.4 is 0 Å². The maximum Gasteiger partial charge on any atom is 0.139 e. The molecule has 3 atom stereocenters. The van der Waals surface area contributed by atoms with E-state index in [2.05, 4.69) is 6.92 Å². The van der Waals surface area contributed by atoms with Gasteiger partial charge in [0.05, 0.1) is 6.07 Å². The van der Waals surface area contributed by atoms with E-state index in [4.69, 9.17) is 5.26 Å². The summed E-state index contributed by atoms with van der Waals surface area (Å²) in [6, 6.07) is 2.04. The van der Waals surface area contributed by atoms with Gasteiger partial charge in [0.1, 0.15) is 17.3 Å². The standard InChI is InChI=1S/C18H25NO3/c1-2-18-11-10-16(21)14(15(18)8-9-17(18)22)7-6-13(20)5-3-4-12-19/h14-15H,2-11H2,1H3. The highest BCUT2D eigenvalue weighted by molar-refractivity contribution is 5.92. The highest BCUT2D eigenvalue weighted by Crippen LogP contribution is 2.54. The van der Waals surface area contributed by atoms with Crippen LogP contribution in [-0.4, -0.2) is 17.3 Å². The van der Waals surface area contributed by atoms with Gasteiger partial charge in [-0.2, -0.15) is 5.26 Å². The molecule has 0 radical (unpaired) electrons. The smallest absolute Gasteiger partial charge is 0.139 e. The van der Waals surface area contributed by atoms with Gasteiger partial charge in [0, 0.05) is 43.4 Å². The highest BCUT2D eigenvalue weighted by Gasteiger charge is 2.54. The number of hydrogen-bond donors (Lipinski definition) is 0. The highest BCUT2D eigenvalue weighted by atomic mass is 16.1. The van der Waals surface area contributed by atoms with Gasteiger partial charge < -0.3 is 0 Å². The molecule has 22 heavy (non-hydrogen) atoms. The molecule has 4 nitrogen and oxygen atoms in total. The summed E-state index contributed by atoms with van der Waals surface area (Å²) in [6.07, 6.45) is 5.86. The maximum absolute atomic E-state index is 12.3. The molecule has 0 heterocycles. The first kappa shape index (κ1) is 16.9. The molecule has 2 aliphatic rings. The van der Waals surface area contributed by atoms with E-state index < -0.39 is 0 Å². The molecule has 4 heteroatoms. The molecule has 120 valence electrons. The molecule has 0 aromatic rings. The number of unbranched alkanes of at least 4 members (excludes halogenated alkanes) is 1. The summed E-state index contributed by atoms with van der Waals surface area (Å²) in [5.74, 6) is 0.754. The van der Waals surface area contributed by atoms with Crippen molar-refractivity contribution in [3.63, 3.8) is 0 Å². The SMILES string of the molecule is CCC12CCC(=O)C(CCC(=O)CCCC#N)C1CCC2=O. The van der Waals surface area contributed by atoms with Gasteiger partial charge in [0.15, 0.2) is 0 Å². The Labute approximate surface area is 132 Å². The lowest BCUT2D eigenvalue weighted by molar-refractivity contribution is -0.138. The van der Waals surface area contributed by atoms with Crippen molar-refractivity contribution in [1.82, 2.24) is 0 Å². The molecule has 0 amide bonds. The molecule has 0 aliphatic heterocycles. The van der Waals surface area contributed by atoms with Gasteiger partial charge in [-0.15, -0.1) is 0 Å². The number of nitrogens with zero attached hydrogens (tertiary/aromatic N) is 1. The fourth-order valence-electron chi connectivity index (χ4n) is 4.49. The van der Waals surface area contributed by atoms with Crippen molar-refractivity contribution in [2.45, 2.75) is 71.1 Å². The number of hydrogen-bond acceptors (Lipinski definition) is 4. The van der Waals surface area contributed by atoms with Crippen molar-refractivity contribution in [3.8, 4) is 6.07 Å². The molecule has 2 rings (SSSR count). The monoisotopic (exact) mass is 303 g/mol. The van der Waals surface area contributed by atoms with E-state index in [0.29, 0.717) is 57.1 Å². The van der Waals surface area contributed by atoms with Crippen LogP contribution in [0.15, 0.2) is 0 Å². The first-order valence-corrected chi connectivity index (χ1v) is 8.50. The Bertz CT molecular complexity index is 505. The summed E-state index contributed by atoms with van der Waals surface area (Å²) in [5, 5.41) is 8.49. The van der Waals surface area contributed by atoms with Gasteiger partial charge in [0.25, 0.3) is 0 Å². The van der Waals surface area contributed by atoms with Crippen molar-refractivity contribution < 1.29 is 14.4 Å². The molecule has 0 spiro atoms. The van der Waals surface area contributed by atoms with Crippen molar-refractivity contribution >= 4 is 17.3 Å². The number of ketones is 3. The van der Waals surface area contributed by atoms with Gasteiger partial charge in [-0.1, -0.05) is 6.92 Å². The number of carbonyl (C=O) groups excluding carboxylic acids is 3. The summed E-state index contributed by atoms with van der Waals surface area (Å²) in [4.78, 5) is 36.5. The lowest BCUT2D eigenvalue weighted by atomic mass is 9.60. The third kappa shape index (κ3) is 3.14. The molecular weight excluding hydrogens is 278 g/mol. The van der Waals surface area contributed by atoms with Crippen LogP contribution in [0.4, 0.5) is 0 Å². The summed E-state index contributed by atoms with van der Waals surface area (Å²) >= 11 is 0. The molecule has 2 fully saturated rings. The average molecular weight is 303 g/mol. The van der Waals surface area contributed by atoms with E-state index in [1.54, 1.807) is 0 Å². The van der Waals surface area contributed by atoms with E-state index in [-0.39, 0.29) is 28.8 Å². The Morgan fingerprint density at radius 1 is 1.32 bits per heavy atom. The minimum atomic E-state index is -0.289. The van der Waals surface area contributed by atoms with Crippen molar-refractivity contribution in [3.05, 3.63) is 0 Å². The van der Waals surface area contributed by atoms with Crippen LogP contribution >= 0.6 is 0 Å². The fourth-order valence-corrected chi connectivity index (χ4v) is 4.49. The van der Waals surface area contributed by atoms with E-state index in [1.165, 1.54) is 0 Å². The van der Waals surface area contributed by atoms with Gasteiger partial charge in [-0.05, 0) is 38.0 Å². The predicted octanol–water partition coefficient (Wildman–Crippen LogP) is 3.38. The third-order valence-electron chi connectivity index (χ3n) is 5.77. The summed E-state index contributed by atoms with van der Waals surface area (Å²) in [6.45, 7) is 2.05. The van der Waals surface area contributed by atoms with Crippen LogP contribution in [0, 0.1) is 28.6 Å². The molecule has 0 bridgehead atoms. The summed E-state index contributed by atoms with van der Waals surface area (Å²) in [5.41, 5.74) is -0.289. The lowest BCUT2D eigenvalue weighted by Crippen LogP contribution is -2.43. The lowest BCUT2D eigenvalue weighted by Gasteiger charge is -2.41. The molecule has 0 aromatic heterocycles. The second kappa shape index (κ2) is 7.17. The zero-order chi connectivity index (χ0) is 16.2. The van der Waals surface area contributed by atoms with Crippen LogP contribution in [0.5, 0.6) is 0 Å². The van der Waals surface area contributed by atoms with Crippen molar-refractivity contribution in [2.75, 3.05) is 0 Å². The van der Waals surface area contributed by atoms with Gasteiger partial charge >= 0.3 is 0 Å². The first-order valence-electron chi connectivity index (χ1n) is 8.50. The summed E-state index contributed by atoms with van der Waals surface area (Å²) in [7, 11) is 0. The Kier molecular flexibility index (Phi) is 5.50. The van der Waals surface area contributed by atoms with Crippen LogP contribution in [0.3, 0.4) is 0 Å². The Morgan fingerprint density at radius 2 is 2.09 bits per heavy atom. The number of rotatable bonds is 7. The van der Waals surface area contributed by atoms with Gasteiger partial charge in [-0.3, -0.25) is 14.4 Å². The second-order valence-electron chi connectivity index (χ2n) is 6.74. The van der Waals surface area contributed by atoms with Crippen LogP contribution in [0.2, 0.25) is 0 Å². The molecular formula is C18H25NO3. The quantitative estimate of drug-likeness (QED) is 0.676. The third-order valence-corrected chi connectivity index (χ3v) is 5.77. The molecule has 0 saturated heterocycles. The van der Waals surface area contributed by atoms with E-state index >= 15 is 0 Å². The number of carbonyl (C=O) groups is 3. The molecule has 0 N–H and O–H groups in total. The van der Waals surface area contributed by atoms with Crippen LogP contribution in [-0.2, 0) is 14.4 Å². The predicted molar refractivity (Wildman–Crippen MR) is 81.9 cm³/mol. The minimum absolute atomic E-state index is 0.111. The number of nitriles is 1. The van der Waals surface area contributed by atoms with Gasteiger partial charge in [0.2, 0.25) is 0 Å². The Hall–Kier alpha value is -1.50. The second-order valence-corrected chi connectivity index (χ2v) is 6.74. The van der Waals surface area contributed by atoms with Crippen LogP contribution in [0.25, 0.3) is 0 Å². The van der Waals surface area contributed by atoms with E-state index in [1.807, 2.05) is 6.07 Å². The van der Waals surface area contributed by atoms with Crippen molar-refractivity contribution in [1.29, 1.82) is 5.26 Å². The minimum Gasteiger partial charge on any atom is -0.300 e. The summed E-state index contributed by atoms with van der Waals surface area (Å²) < 4.78 is 0. The van der Waals surface area contributed by atoms with Crippen LogP contribution in [0.1, 0.15) is 71.1 Å². The number of fused-ring (bicyclic) bond motifs is 1. The normalized spacial score (nSPS) is 30.9. The zero-order valence-corrected chi connectivity index (χ0v) is 13.4. The van der Waals surface area contributed by atoms with E-state index in [9.17, 15) is 14.4 Å². The average Bonchev–Trinajstić information content (AvgIpc) is 2.84. The number of Topliss-reactive ketones (excluding diaryl/α,β-unsaturated/α-hetero) is 3. The topological polar surface area (TPSA) is 75.0 Å². The zero-order valence-electron chi connectivity index (χ0n) is 13.4.